The Bertz CT molecular complexity index is 822. The van der Waals surface area contributed by atoms with E-state index in [4.69, 9.17) is 32.5 Å². The van der Waals surface area contributed by atoms with Crippen LogP contribution in [0.15, 0.2) is 22.7 Å². The number of hydrogen-bond donors (Lipinski definition) is 1. The second kappa shape index (κ2) is 5.85. The third kappa shape index (κ3) is 2.85. The summed E-state index contributed by atoms with van der Waals surface area (Å²) in [5.74, 6) is 0.692. The molecule has 1 heterocycles. The molecule has 2 bridgehead atoms. The summed E-state index contributed by atoms with van der Waals surface area (Å²) in [4.78, 5) is 16.3. The lowest BCUT2D eigenvalue weighted by molar-refractivity contribution is -0.143. The molecule has 0 spiro atoms. The minimum Gasteiger partial charge on any atom is -0.484 e. The Hall–Kier alpha value is -1.86. The SMILES string of the molecule is O=C(COc1ccc(Cl)c(F)c1)NC12CC(c3nc(CCl)no3)(C1)C2. The van der Waals surface area contributed by atoms with Gasteiger partial charge in [-0.1, -0.05) is 16.8 Å². The van der Waals surface area contributed by atoms with Gasteiger partial charge >= 0.3 is 0 Å². The van der Waals surface area contributed by atoms with E-state index in [0.29, 0.717) is 11.7 Å². The maximum absolute atomic E-state index is 13.3. The van der Waals surface area contributed by atoms with Gasteiger partial charge in [0.05, 0.1) is 16.3 Å². The fourth-order valence-electron chi connectivity index (χ4n) is 3.72. The van der Waals surface area contributed by atoms with Crippen LogP contribution < -0.4 is 10.1 Å². The van der Waals surface area contributed by atoms with Crippen LogP contribution >= 0.6 is 23.2 Å². The van der Waals surface area contributed by atoms with Crippen LogP contribution in [0, 0.1) is 5.82 Å². The second-order valence-electron chi connectivity index (χ2n) is 6.65. The number of hydrogen-bond acceptors (Lipinski definition) is 5. The molecule has 3 aliphatic carbocycles. The number of halogens is 3. The molecule has 5 rings (SSSR count). The minimum absolute atomic E-state index is 0.00863. The molecule has 1 N–H and O–H groups in total. The molecule has 0 radical (unpaired) electrons. The van der Waals surface area contributed by atoms with Crippen molar-refractivity contribution in [1.82, 2.24) is 15.5 Å². The molecular formula is C16H14Cl2FN3O3. The molecule has 1 amide bonds. The average Bonchev–Trinajstić information content (AvgIpc) is 2.99. The molecule has 3 aliphatic rings. The molecule has 3 saturated carbocycles. The zero-order valence-electron chi connectivity index (χ0n) is 13.0. The first-order valence-electron chi connectivity index (χ1n) is 7.72. The summed E-state index contributed by atoms with van der Waals surface area (Å²) >= 11 is 11.3. The van der Waals surface area contributed by atoms with Gasteiger partial charge in [-0.25, -0.2) is 4.39 Å². The van der Waals surface area contributed by atoms with Crippen molar-refractivity contribution >= 4 is 29.1 Å². The van der Waals surface area contributed by atoms with Gasteiger partial charge in [-0.2, -0.15) is 4.98 Å². The van der Waals surface area contributed by atoms with Crippen molar-refractivity contribution < 1.29 is 18.4 Å². The smallest absolute Gasteiger partial charge is 0.258 e. The quantitative estimate of drug-likeness (QED) is 0.773. The van der Waals surface area contributed by atoms with Crippen LogP contribution in [0.4, 0.5) is 4.39 Å². The first-order chi connectivity index (χ1) is 11.9. The van der Waals surface area contributed by atoms with Crippen LogP contribution in [-0.4, -0.2) is 28.2 Å². The molecule has 3 fully saturated rings. The van der Waals surface area contributed by atoms with Gasteiger partial charge in [0.1, 0.15) is 11.6 Å². The summed E-state index contributed by atoms with van der Waals surface area (Å²) in [5, 5.41) is 6.78. The number of nitrogens with zero attached hydrogens (tertiary/aromatic N) is 2. The number of rotatable bonds is 6. The highest BCUT2D eigenvalue weighted by Crippen LogP contribution is 2.67. The van der Waals surface area contributed by atoms with E-state index in [1.807, 2.05) is 0 Å². The second-order valence-corrected chi connectivity index (χ2v) is 7.33. The minimum atomic E-state index is -0.586. The summed E-state index contributed by atoms with van der Waals surface area (Å²) in [6, 6.07) is 4.04. The van der Waals surface area contributed by atoms with E-state index in [0.717, 1.165) is 25.3 Å². The monoisotopic (exact) mass is 385 g/mol. The number of amides is 1. The number of carbonyl (C=O) groups is 1. The molecule has 2 aromatic rings. The summed E-state index contributed by atoms with van der Waals surface area (Å²) < 4.78 is 23.9. The molecular weight excluding hydrogens is 372 g/mol. The third-order valence-corrected chi connectivity index (χ3v) is 5.28. The van der Waals surface area contributed by atoms with Crippen LogP contribution in [0.25, 0.3) is 0 Å². The third-order valence-electron chi connectivity index (χ3n) is 4.74. The Kier molecular flexibility index (Phi) is 3.88. The van der Waals surface area contributed by atoms with Crippen molar-refractivity contribution in [2.75, 3.05) is 6.61 Å². The zero-order valence-corrected chi connectivity index (χ0v) is 14.5. The first-order valence-corrected chi connectivity index (χ1v) is 8.63. The molecule has 25 heavy (non-hydrogen) atoms. The molecule has 0 atom stereocenters. The van der Waals surface area contributed by atoms with Crippen LogP contribution in [0.5, 0.6) is 5.75 Å². The predicted molar refractivity (Wildman–Crippen MR) is 87.2 cm³/mol. The molecule has 1 aromatic heterocycles. The predicted octanol–water partition coefficient (Wildman–Crippen LogP) is 2.97. The molecule has 0 aliphatic heterocycles. The first kappa shape index (κ1) is 16.6. The fourth-order valence-corrected chi connectivity index (χ4v) is 3.94. The van der Waals surface area contributed by atoms with Crippen molar-refractivity contribution in [3.8, 4) is 5.75 Å². The highest BCUT2D eigenvalue weighted by molar-refractivity contribution is 6.30. The molecule has 6 nitrogen and oxygen atoms in total. The Morgan fingerprint density at radius 2 is 2.16 bits per heavy atom. The topological polar surface area (TPSA) is 77.2 Å². The number of ether oxygens (including phenoxy) is 1. The highest BCUT2D eigenvalue weighted by atomic mass is 35.5. The van der Waals surface area contributed by atoms with Gasteiger partial charge in [-0.05, 0) is 31.4 Å². The van der Waals surface area contributed by atoms with Gasteiger partial charge in [0.25, 0.3) is 5.91 Å². The maximum atomic E-state index is 13.3. The number of benzene rings is 1. The number of nitrogens with one attached hydrogen (secondary N) is 1. The van der Waals surface area contributed by atoms with E-state index in [9.17, 15) is 9.18 Å². The maximum Gasteiger partial charge on any atom is 0.258 e. The van der Waals surface area contributed by atoms with Crippen LogP contribution in [0.2, 0.25) is 5.02 Å². The van der Waals surface area contributed by atoms with E-state index in [1.165, 1.54) is 12.1 Å². The van der Waals surface area contributed by atoms with Crippen molar-refractivity contribution in [3.05, 3.63) is 40.8 Å². The zero-order chi connectivity index (χ0) is 17.7. The summed E-state index contributed by atoms with van der Waals surface area (Å²) in [6.07, 6.45) is 2.27. The lowest BCUT2D eigenvalue weighted by Gasteiger charge is -2.68. The lowest BCUT2D eigenvalue weighted by Crippen LogP contribution is -2.77. The summed E-state index contributed by atoms with van der Waals surface area (Å²) in [7, 11) is 0. The largest absolute Gasteiger partial charge is 0.484 e. The van der Waals surface area contributed by atoms with E-state index < -0.39 is 5.82 Å². The molecule has 132 valence electrons. The summed E-state index contributed by atoms with van der Waals surface area (Å²) in [5.41, 5.74) is -0.369. The van der Waals surface area contributed by atoms with E-state index >= 15 is 0 Å². The van der Waals surface area contributed by atoms with Gasteiger partial charge in [0, 0.05) is 11.6 Å². The standard InChI is InChI=1S/C16H14Cl2FN3O3/c17-4-12-20-14(25-22-12)15-6-16(7-15,8-15)21-13(23)5-24-9-1-2-10(18)11(19)3-9/h1-3H,4-8H2,(H,21,23). The number of carbonyl (C=O) groups excluding carboxylic acids is 1. The van der Waals surface area contributed by atoms with Crippen molar-refractivity contribution in [2.24, 2.45) is 0 Å². The Morgan fingerprint density at radius 1 is 1.40 bits per heavy atom. The van der Waals surface area contributed by atoms with Crippen LogP contribution in [-0.2, 0) is 16.1 Å². The Morgan fingerprint density at radius 3 is 2.80 bits per heavy atom. The van der Waals surface area contributed by atoms with Gasteiger partial charge < -0.3 is 14.6 Å². The molecule has 9 heteroatoms. The van der Waals surface area contributed by atoms with Crippen molar-refractivity contribution in [1.29, 1.82) is 0 Å². The van der Waals surface area contributed by atoms with E-state index in [1.54, 1.807) is 0 Å². The highest BCUT2D eigenvalue weighted by Gasteiger charge is 2.71. The molecule has 0 unspecified atom stereocenters. The van der Waals surface area contributed by atoms with Crippen molar-refractivity contribution in [3.63, 3.8) is 0 Å². The average molecular weight is 386 g/mol. The van der Waals surface area contributed by atoms with Crippen molar-refractivity contribution in [2.45, 2.75) is 36.1 Å². The van der Waals surface area contributed by atoms with E-state index in [2.05, 4.69) is 15.5 Å². The van der Waals surface area contributed by atoms with Gasteiger partial charge in [0.2, 0.25) is 5.89 Å². The van der Waals surface area contributed by atoms with Gasteiger partial charge in [-0.15, -0.1) is 11.6 Å². The molecule has 1 aromatic carbocycles. The van der Waals surface area contributed by atoms with Crippen LogP contribution in [0.3, 0.4) is 0 Å². The van der Waals surface area contributed by atoms with Gasteiger partial charge in [0.15, 0.2) is 12.4 Å². The summed E-state index contributed by atoms with van der Waals surface area (Å²) in [6.45, 7) is -0.188. The number of aromatic nitrogens is 2. The number of alkyl halides is 1. The Balaban J connectivity index is 1.28. The normalized spacial score (nSPS) is 26.5. The Labute approximate surface area is 152 Å². The van der Waals surface area contributed by atoms with Crippen LogP contribution in [0.1, 0.15) is 31.0 Å². The molecule has 0 saturated heterocycles. The van der Waals surface area contributed by atoms with Gasteiger partial charge in [-0.3, -0.25) is 4.79 Å². The van der Waals surface area contributed by atoms with E-state index in [-0.39, 0.29) is 40.1 Å². The lowest BCUT2D eigenvalue weighted by atomic mass is 9.39. The fraction of sp³-hybridized carbons (Fsp3) is 0.438.